The van der Waals surface area contributed by atoms with Gasteiger partial charge in [-0.25, -0.2) is 0 Å². The molecule has 0 N–H and O–H groups in total. The van der Waals surface area contributed by atoms with Crippen LogP contribution in [-0.4, -0.2) is 65.8 Å². The van der Waals surface area contributed by atoms with Gasteiger partial charge in [-0.15, -0.1) is 0 Å². The maximum Gasteiger partial charge on any atom is 0.417 e. The Bertz CT molecular complexity index is 833. The smallest absolute Gasteiger partial charge is 0.381 e. The molecule has 11 heteroatoms. The average Bonchev–Trinajstić information content (AvgIpc) is 3.26. The van der Waals surface area contributed by atoms with Gasteiger partial charge in [0.15, 0.2) is 0 Å². The van der Waals surface area contributed by atoms with Crippen molar-refractivity contribution in [3.63, 3.8) is 0 Å². The molecule has 1 unspecified atom stereocenters. The highest BCUT2D eigenvalue weighted by molar-refractivity contribution is 5.79. The average molecular weight is 496 g/mol. The number of carbonyl (C=O) groups is 1. The molecule has 1 saturated heterocycles. The van der Waals surface area contributed by atoms with Gasteiger partial charge in [-0.05, 0) is 50.8 Å². The third kappa shape index (κ3) is 7.31. The van der Waals surface area contributed by atoms with E-state index in [1.807, 2.05) is 0 Å². The molecule has 4 rings (SSSR count). The molecule has 0 radical (unpaired) electrons. The van der Waals surface area contributed by atoms with E-state index >= 15 is 0 Å². The molecule has 34 heavy (non-hydrogen) atoms. The van der Waals surface area contributed by atoms with Crippen LogP contribution in [0.1, 0.15) is 55.8 Å². The largest absolute Gasteiger partial charge is 0.417 e. The first-order chi connectivity index (χ1) is 15.8. The first kappa shape index (κ1) is 26.7. The Morgan fingerprint density at radius 1 is 1.09 bits per heavy atom. The van der Waals surface area contributed by atoms with Crippen LogP contribution in [0.25, 0.3) is 0 Å². The molecule has 1 saturated carbocycles. The van der Waals surface area contributed by atoms with Crippen molar-refractivity contribution in [1.82, 2.24) is 14.8 Å². The molecule has 1 amide bonds. The number of aromatic nitrogens is 1. The first-order valence-electron chi connectivity index (χ1n) is 11.5. The summed E-state index contributed by atoms with van der Waals surface area (Å²) in [5, 5.41) is 0. The van der Waals surface area contributed by atoms with Gasteiger partial charge in [-0.2, -0.15) is 26.3 Å². The summed E-state index contributed by atoms with van der Waals surface area (Å²) in [7, 11) is 2.15. The number of nitrogens with zero attached hydrogens (tertiary/aromatic N) is 3. The molecule has 3 aliphatic rings. The van der Waals surface area contributed by atoms with Gasteiger partial charge in [0.25, 0.3) is 0 Å². The second-order valence-corrected chi connectivity index (χ2v) is 9.29. The number of hydrogen-bond acceptors (Lipinski definition) is 4. The predicted octanol–water partition coefficient (Wildman–Crippen LogP) is 4.83. The van der Waals surface area contributed by atoms with E-state index in [1.54, 1.807) is 4.90 Å². The standard InChI is InChI=1S/C21H28F3N3O2.C2H3F3/c1-26(17-5-8-29-9-6-17)18-3-2-14(11-18)20(28)27-7-4-19-15(13-27)10-16(12-25-19)21(22,23)24;1-2(3,4)5/h10,12,14,17-18H,2-9,11,13H2,1H3;1H3/t14?,18-;/m1./s1. The van der Waals surface area contributed by atoms with Gasteiger partial charge in [0, 0.05) is 69.5 Å². The Kier molecular flexibility index (Phi) is 8.49. The van der Waals surface area contributed by atoms with Crippen molar-refractivity contribution in [3.05, 3.63) is 29.1 Å². The van der Waals surface area contributed by atoms with Gasteiger partial charge in [-0.1, -0.05) is 0 Å². The van der Waals surface area contributed by atoms with Crippen molar-refractivity contribution in [3.8, 4) is 0 Å². The summed E-state index contributed by atoms with van der Waals surface area (Å²) in [6.07, 6.45) is -2.28. The Morgan fingerprint density at radius 3 is 2.35 bits per heavy atom. The molecular formula is C23H31F6N3O2. The fraction of sp³-hybridized carbons (Fsp3) is 0.739. The van der Waals surface area contributed by atoms with Crippen LogP contribution in [0.2, 0.25) is 0 Å². The lowest BCUT2D eigenvalue weighted by Crippen LogP contribution is -2.43. The lowest BCUT2D eigenvalue weighted by Gasteiger charge is -2.36. The monoisotopic (exact) mass is 495 g/mol. The van der Waals surface area contributed by atoms with Gasteiger partial charge in [-0.3, -0.25) is 9.78 Å². The molecule has 192 valence electrons. The van der Waals surface area contributed by atoms with Crippen molar-refractivity contribution < 1.29 is 35.9 Å². The van der Waals surface area contributed by atoms with E-state index in [2.05, 4.69) is 16.9 Å². The molecule has 5 nitrogen and oxygen atoms in total. The van der Waals surface area contributed by atoms with E-state index in [0.29, 0.717) is 36.3 Å². The highest BCUT2D eigenvalue weighted by Gasteiger charge is 2.38. The number of carbonyl (C=O) groups excluding carboxylic acids is 1. The molecule has 0 aromatic carbocycles. The number of alkyl halides is 6. The summed E-state index contributed by atoms with van der Waals surface area (Å²) in [6.45, 7) is 2.53. The fourth-order valence-electron chi connectivity index (χ4n) is 4.97. The first-order valence-corrected chi connectivity index (χ1v) is 11.5. The minimum absolute atomic E-state index is 0.0393. The van der Waals surface area contributed by atoms with Crippen LogP contribution >= 0.6 is 0 Å². The van der Waals surface area contributed by atoms with Crippen molar-refractivity contribution in [1.29, 1.82) is 0 Å². The normalized spacial score (nSPS) is 24.0. The number of amides is 1. The number of rotatable bonds is 3. The summed E-state index contributed by atoms with van der Waals surface area (Å²) in [5.74, 6) is 0.0403. The summed E-state index contributed by atoms with van der Waals surface area (Å²) >= 11 is 0. The highest BCUT2D eigenvalue weighted by atomic mass is 19.4. The molecule has 2 aliphatic heterocycles. The molecule has 1 aromatic heterocycles. The Labute approximate surface area is 195 Å². The van der Waals surface area contributed by atoms with Crippen LogP contribution < -0.4 is 0 Å². The summed E-state index contributed by atoms with van der Waals surface area (Å²) in [5.41, 5.74) is 0.448. The van der Waals surface area contributed by atoms with Crippen molar-refractivity contribution in [2.45, 2.75) is 76.4 Å². The molecule has 1 aliphatic carbocycles. The van der Waals surface area contributed by atoms with Crippen LogP contribution in [0, 0.1) is 5.92 Å². The Balaban J connectivity index is 0.000000588. The van der Waals surface area contributed by atoms with Crippen LogP contribution in [0.15, 0.2) is 12.3 Å². The van der Waals surface area contributed by atoms with Gasteiger partial charge in [0.2, 0.25) is 5.91 Å². The van der Waals surface area contributed by atoms with Crippen LogP contribution in [0.4, 0.5) is 26.3 Å². The number of pyridine rings is 1. The van der Waals surface area contributed by atoms with Gasteiger partial charge < -0.3 is 14.5 Å². The number of halogens is 6. The quantitative estimate of drug-likeness (QED) is 0.564. The zero-order valence-corrected chi connectivity index (χ0v) is 19.4. The zero-order valence-electron chi connectivity index (χ0n) is 19.4. The third-order valence-corrected chi connectivity index (χ3v) is 6.78. The topological polar surface area (TPSA) is 45.7 Å². The van der Waals surface area contributed by atoms with E-state index in [-0.39, 0.29) is 25.3 Å². The number of fused-ring (bicyclic) bond motifs is 1. The lowest BCUT2D eigenvalue weighted by molar-refractivity contribution is -0.138. The Hall–Kier alpha value is -1.88. The molecule has 0 spiro atoms. The highest BCUT2D eigenvalue weighted by Crippen LogP contribution is 2.35. The summed E-state index contributed by atoms with van der Waals surface area (Å²) in [6, 6.07) is 2.05. The van der Waals surface area contributed by atoms with E-state index in [4.69, 9.17) is 4.74 Å². The SMILES string of the molecule is CC(F)(F)F.CN(C1CCOCC1)[C@@H]1CCC(C(=O)N2CCc3ncc(C(F)(F)F)cc3C2)C1. The van der Waals surface area contributed by atoms with E-state index in [0.717, 1.165) is 57.6 Å². The van der Waals surface area contributed by atoms with Crippen LogP contribution in [0.3, 0.4) is 0 Å². The Morgan fingerprint density at radius 2 is 1.74 bits per heavy atom. The van der Waals surface area contributed by atoms with Crippen LogP contribution in [0.5, 0.6) is 0 Å². The molecule has 1 aromatic rings. The van der Waals surface area contributed by atoms with E-state index < -0.39 is 17.9 Å². The maximum absolute atomic E-state index is 13.1. The molecule has 0 bridgehead atoms. The van der Waals surface area contributed by atoms with Crippen LogP contribution in [-0.2, 0) is 28.7 Å². The second-order valence-electron chi connectivity index (χ2n) is 9.29. The number of ether oxygens (including phenoxy) is 1. The van der Waals surface area contributed by atoms with Crippen molar-refractivity contribution in [2.75, 3.05) is 26.8 Å². The predicted molar refractivity (Wildman–Crippen MR) is 113 cm³/mol. The van der Waals surface area contributed by atoms with Crippen molar-refractivity contribution >= 4 is 5.91 Å². The molecule has 3 heterocycles. The minimum atomic E-state index is -4.41. The third-order valence-electron chi connectivity index (χ3n) is 6.78. The van der Waals surface area contributed by atoms with Gasteiger partial charge in [0.05, 0.1) is 5.56 Å². The summed E-state index contributed by atoms with van der Waals surface area (Å²) in [4.78, 5) is 21.2. The minimum Gasteiger partial charge on any atom is -0.381 e. The maximum atomic E-state index is 13.1. The second kappa shape index (κ2) is 10.8. The molecule has 2 fully saturated rings. The molecular weight excluding hydrogens is 464 g/mol. The fourth-order valence-corrected chi connectivity index (χ4v) is 4.97. The zero-order chi connectivity index (χ0) is 25.1. The molecule has 2 atom stereocenters. The van der Waals surface area contributed by atoms with Gasteiger partial charge >= 0.3 is 12.4 Å². The van der Waals surface area contributed by atoms with Gasteiger partial charge in [0.1, 0.15) is 0 Å². The van der Waals surface area contributed by atoms with E-state index in [9.17, 15) is 31.1 Å². The van der Waals surface area contributed by atoms with E-state index in [1.165, 1.54) is 0 Å². The van der Waals surface area contributed by atoms with Crippen molar-refractivity contribution in [2.24, 2.45) is 5.92 Å². The number of hydrogen-bond donors (Lipinski definition) is 0. The summed E-state index contributed by atoms with van der Waals surface area (Å²) < 4.78 is 75.5. The lowest BCUT2D eigenvalue weighted by atomic mass is 9.99.